The summed E-state index contributed by atoms with van der Waals surface area (Å²) in [6, 6.07) is 13.2. The van der Waals surface area contributed by atoms with Crippen LogP contribution in [0.25, 0.3) is 10.9 Å². The summed E-state index contributed by atoms with van der Waals surface area (Å²) < 4.78 is 13.4. The van der Waals surface area contributed by atoms with Gasteiger partial charge in [0.1, 0.15) is 11.5 Å². The smallest absolute Gasteiger partial charge is 0.302 e. The van der Waals surface area contributed by atoms with Crippen LogP contribution in [-0.2, 0) is 11.5 Å². The number of aromatic nitrogens is 1. The number of nitrogens with zero attached hydrogens (tertiary/aromatic N) is 4. The summed E-state index contributed by atoms with van der Waals surface area (Å²) in [5, 5.41) is 20.0. The lowest BCUT2D eigenvalue weighted by molar-refractivity contribution is -0.120. The van der Waals surface area contributed by atoms with Crippen molar-refractivity contribution in [3.05, 3.63) is 46.9 Å². The molecule has 37 heavy (non-hydrogen) atoms. The van der Waals surface area contributed by atoms with Crippen molar-refractivity contribution in [1.82, 2.24) is 9.47 Å². The second-order valence-electron chi connectivity index (χ2n) is 11.4. The van der Waals surface area contributed by atoms with Gasteiger partial charge in [0.25, 0.3) is 0 Å². The number of methoxy groups -OCH3 is 1. The molecule has 9 heteroatoms. The van der Waals surface area contributed by atoms with Gasteiger partial charge in [0.05, 0.1) is 19.3 Å². The fraction of sp³-hybridized carbons (Fsp3) is 0.464. The van der Waals surface area contributed by atoms with Gasteiger partial charge >= 0.3 is 5.91 Å². The van der Waals surface area contributed by atoms with E-state index in [1.807, 2.05) is 22.8 Å². The first-order valence-electron chi connectivity index (χ1n) is 12.5. The van der Waals surface area contributed by atoms with E-state index >= 15 is 0 Å². The third kappa shape index (κ3) is 5.38. The number of fused-ring (bicyclic) bond motifs is 3. The number of ether oxygens (including phenoxy) is 2. The van der Waals surface area contributed by atoms with E-state index in [9.17, 15) is 9.90 Å². The quantitative estimate of drug-likeness (QED) is 0.321. The number of halogens is 1. The molecular weight excluding hydrogens is 536 g/mol. The molecule has 2 aliphatic rings. The zero-order chi connectivity index (χ0) is 26.4. The molecule has 2 heterocycles. The van der Waals surface area contributed by atoms with E-state index in [2.05, 4.69) is 51.8 Å². The first-order valence-corrected chi connectivity index (χ1v) is 13.3. The molecule has 2 atom stereocenters. The van der Waals surface area contributed by atoms with E-state index < -0.39 is 5.91 Å². The van der Waals surface area contributed by atoms with E-state index in [1.165, 1.54) is 12.8 Å². The molecule has 3 aromatic rings. The number of likely N-dealkylation sites (tertiary alicyclic amines) is 1. The maximum atomic E-state index is 12.4. The Morgan fingerprint density at radius 3 is 2.59 bits per heavy atom. The largest absolute Gasteiger partial charge is 0.497 e. The summed E-state index contributed by atoms with van der Waals surface area (Å²) in [5.74, 6) is 0.688. The summed E-state index contributed by atoms with van der Waals surface area (Å²) in [5.41, 5.74) is 1.73. The highest BCUT2D eigenvalue weighted by Crippen LogP contribution is 2.53. The molecule has 1 aliphatic carbocycles. The molecular formula is C28H33BrN4O4. The van der Waals surface area contributed by atoms with Crippen LogP contribution >= 0.6 is 15.9 Å². The van der Waals surface area contributed by atoms with Crippen LogP contribution in [0, 0.1) is 10.8 Å². The summed E-state index contributed by atoms with van der Waals surface area (Å²) in [6.07, 6.45) is 3.53. The van der Waals surface area contributed by atoms with Crippen LogP contribution in [0.5, 0.6) is 17.4 Å². The molecule has 1 saturated heterocycles. The van der Waals surface area contributed by atoms with Crippen LogP contribution in [0.1, 0.15) is 40.0 Å². The second-order valence-corrected chi connectivity index (χ2v) is 12.3. The number of azo groups is 1. The number of benzene rings is 2. The van der Waals surface area contributed by atoms with Crippen LogP contribution in [-0.4, -0.2) is 46.8 Å². The van der Waals surface area contributed by atoms with E-state index in [1.54, 1.807) is 31.4 Å². The Labute approximate surface area is 225 Å². The fourth-order valence-corrected chi connectivity index (χ4v) is 6.77. The monoisotopic (exact) mass is 568 g/mol. The lowest BCUT2D eigenvalue weighted by Crippen LogP contribution is -2.35. The molecule has 1 amide bonds. The standard InChI is InChI=1S/C28H33BrN4O4/c1-27(2)12-19-13-28(3,15-27)16-32(19)17-33-23-10-5-18(29)11-22(23)25(26(33)35)31-30-24(34)14-37-21-8-6-20(36-4)7-9-21/h5-11,19,35H,12-17H2,1-4H3/t19-,28-/m0/s1. The maximum absolute atomic E-state index is 12.4. The fourth-order valence-electron chi connectivity index (χ4n) is 6.41. The zero-order valence-corrected chi connectivity index (χ0v) is 23.3. The Morgan fingerprint density at radius 2 is 1.86 bits per heavy atom. The van der Waals surface area contributed by atoms with Crippen molar-refractivity contribution in [3.63, 3.8) is 0 Å². The van der Waals surface area contributed by atoms with Crippen molar-refractivity contribution >= 4 is 38.4 Å². The molecule has 1 N–H and O–H groups in total. The number of aromatic hydroxyl groups is 1. The molecule has 1 aliphatic heterocycles. The summed E-state index contributed by atoms with van der Waals surface area (Å²) in [7, 11) is 1.59. The van der Waals surface area contributed by atoms with E-state index in [-0.39, 0.29) is 23.6 Å². The Hall–Kier alpha value is -2.91. The van der Waals surface area contributed by atoms with E-state index in [0.29, 0.717) is 29.6 Å². The van der Waals surface area contributed by atoms with Gasteiger partial charge in [0.15, 0.2) is 12.3 Å². The molecule has 2 bridgehead atoms. The highest BCUT2D eigenvalue weighted by molar-refractivity contribution is 9.10. The van der Waals surface area contributed by atoms with Gasteiger partial charge in [-0.15, -0.1) is 10.2 Å². The molecule has 2 aromatic carbocycles. The van der Waals surface area contributed by atoms with Gasteiger partial charge in [-0.3, -0.25) is 14.3 Å². The molecule has 0 unspecified atom stereocenters. The molecule has 1 aromatic heterocycles. The van der Waals surface area contributed by atoms with E-state index in [4.69, 9.17) is 9.47 Å². The molecule has 8 nitrogen and oxygen atoms in total. The molecule has 2 fully saturated rings. The Balaban J connectivity index is 1.36. The zero-order valence-electron chi connectivity index (χ0n) is 21.7. The normalized spacial score (nSPS) is 23.1. The van der Waals surface area contributed by atoms with Crippen LogP contribution in [0.15, 0.2) is 57.2 Å². The number of hydrogen-bond acceptors (Lipinski definition) is 6. The van der Waals surface area contributed by atoms with Gasteiger partial charge in [-0.2, -0.15) is 0 Å². The van der Waals surface area contributed by atoms with Crippen LogP contribution in [0.2, 0.25) is 0 Å². The van der Waals surface area contributed by atoms with Crippen molar-refractivity contribution in [2.75, 3.05) is 20.3 Å². The average molecular weight is 570 g/mol. The van der Waals surface area contributed by atoms with Crippen LogP contribution < -0.4 is 9.47 Å². The van der Waals surface area contributed by atoms with Crippen molar-refractivity contribution in [3.8, 4) is 17.4 Å². The highest BCUT2D eigenvalue weighted by atomic mass is 79.9. The predicted octanol–water partition coefficient (Wildman–Crippen LogP) is 6.67. The van der Waals surface area contributed by atoms with E-state index in [0.717, 1.165) is 28.3 Å². The van der Waals surface area contributed by atoms with Gasteiger partial charge < -0.3 is 14.6 Å². The number of carbonyl (C=O) groups is 1. The first-order chi connectivity index (χ1) is 17.6. The molecule has 196 valence electrons. The summed E-state index contributed by atoms with van der Waals surface area (Å²) in [4.78, 5) is 14.9. The van der Waals surface area contributed by atoms with Gasteiger partial charge in [-0.25, -0.2) is 0 Å². The first kappa shape index (κ1) is 25.7. The minimum Gasteiger partial charge on any atom is -0.497 e. The Kier molecular flexibility index (Phi) is 6.79. The molecule has 5 rings (SSSR count). The van der Waals surface area contributed by atoms with Gasteiger partial charge in [0, 0.05) is 22.4 Å². The molecule has 0 radical (unpaired) electrons. The predicted molar refractivity (Wildman–Crippen MR) is 146 cm³/mol. The van der Waals surface area contributed by atoms with Crippen LogP contribution in [0.4, 0.5) is 5.69 Å². The molecule has 1 saturated carbocycles. The lowest BCUT2D eigenvalue weighted by Gasteiger charge is -2.40. The third-order valence-corrected chi connectivity index (χ3v) is 7.99. The Bertz CT molecular complexity index is 1350. The highest BCUT2D eigenvalue weighted by Gasteiger charge is 2.49. The molecule has 0 spiro atoms. The van der Waals surface area contributed by atoms with Gasteiger partial charge in [-0.05, 0) is 72.6 Å². The van der Waals surface area contributed by atoms with Gasteiger partial charge in [-0.1, -0.05) is 36.7 Å². The number of hydrogen-bond donors (Lipinski definition) is 1. The number of rotatable bonds is 7. The van der Waals surface area contributed by atoms with Gasteiger partial charge in [0.2, 0.25) is 5.88 Å². The van der Waals surface area contributed by atoms with Crippen LogP contribution in [0.3, 0.4) is 0 Å². The minimum atomic E-state index is -0.547. The lowest BCUT2D eigenvalue weighted by atomic mass is 9.65. The summed E-state index contributed by atoms with van der Waals surface area (Å²) >= 11 is 3.52. The SMILES string of the molecule is COc1ccc(OCC(=O)N=Nc2c(O)n(CN3C[C@@]4(C)C[C@@H]3CC(C)(C)C4)c3ccc(Br)cc23)cc1. The minimum absolute atomic E-state index is 0.00610. The summed E-state index contributed by atoms with van der Waals surface area (Å²) in [6.45, 7) is 8.39. The topological polar surface area (TPSA) is 88.6 Å². The number of carbonyl (C=O) groups excluding carboxylic acids is 1. The van der Waals surface area contributed by atoms with Crippen molar-refractivity contribution in [2.24, 2.45) is 21.1 Å². The maximum Gasteiger partial charge on any atom is 0.302 e. The van der Waals surface area contributed by atoms with Crippen molar-refractivity contribution in [2.45, 2.75) is 52.7 Å². The second kappa shape index (κ2) is 9.76. The van der Waals surface area contributed by atoms with Crippen molar-refractivity contribution < 1.29 is 19.4 Å². The van der Waals surface area contributed by atoms with Crippen molar-refractivity contribution in [1.29, 1.82) is 0 Å². The number of amides is 1. The Morgan fingerprint density at radius 1 is 1.14 bits per heavy atom. The average Bonchev–Trinajstić information content (AvgIpc) is 3.24. The third-order valence-electron chi connectivity index (χ3n) is 7.50.